The van der Waals surface area contributed by atoms with Crippen LogP contribution in [0.2, 0.25) is 0 Å². The Bertz CT molecular complexity index is 251. The molecule has 0 aromatic carbocycles. The predicted octanol–water partition coefficient (Wildman–Crippen LogP) is 0.529. The second kappa shape index (κ2) is 5.88. The Balaban J connectivity index is 2.46. The van der Waals surface area contributed by atoms with Crippen molar-refractivity contribution in [1.29, 1.82) is 0 Å². The molecule has 1 atom stereocenters. The van der Waals surface area contributed by atoms with Crippen molar-refractivity contribution in [3.8, 4) is 0 Å². The van der Waals surface area contributed by atoms with Crippen molar-refractivity contribution < 1.29 is 9.53 Å². The van der Waals surface area contributed by atoms with Gasteiger partial charge in [-0.3, -0.25) is 4.79 Å². The first-order chi connectivity index (χ1) is 7.19. The zero-order chi connectivity index (χ0) is 11.3. The average molecular weight is 212 g/mol. The molecule has 2 N–H and O–H groups in total. The third kappa shape index (κ3) is 3.32. The Labute approximate surface area is 91.1 Å². The molecule has 0 aromatic rings. The summed E-state index contributed by atoms with van der Waals surface area (Å²) in [6.07, 6.45) is 3.66. The van der Waals surface area contributed by atoms with Crippen molar-refractivity contribution >= 4 is 5.91 Å². The SMILES string of the molecule is CCC(N)C(=O)N1CC=C(COC)CC1. The summed E-state index contributed by atoms with van der Waals surface area (Å²) in [6.45, 7) is 4.04. The average Bonchev–Trinajstić information content (AvgIpc) is 2.28. The highest BCUT2D eigenvalue weighted by molar-refractivity contribution is 5.81. The summed E-state index contributed by atoms with van der Waals surface area (Å²) in [4.78, 5) is 13.5. The molecule has 0 aromatic heterocycles. The van der Waals surface area contributed by atoms with E-state index in [9.17, 15) is 4.79 Å². The maximum Gasteiger partial charge on any atom is 0.239 e. The molecule has 1 rings (SSSR count). The molecule has 0 bridgehead atoms. The molecule has 15 heavy (non-hydrogen) atoms. The van der Waals surface area contributed by atoms with E-state index in [-0.39, 0.29) is 11.9 Å². The van der Waals surface area contributed by atoms with Crippen molar-refractivity contribution in [3.63, 3.8) is 0 Å². The highest BCUT2D eigenvalue weighted by Crippen LogP contribution is 2.12. The Morgan fingerprint density at radius 2 is 2.47 bits per heavy atom. The number of rotatable bonds is 4. The van der Waals surface area contributed by atoms with Gasteiger partial charge in [0.25, 0.3) is 0 Å². The van der Waals surface area contributed by atoms with Crippen LogP contribution in [-0.4, -0.2) is 43.7 Å². The van der Waals surface area contributed by atoms with Crippen LogP contribution in [0.25, 0.3) is 0 Å². The van der Waals surface area contributed by atoms with Gasteiger partial charge in [0.1, 0.15) is 0 Å². The van der Waals surface area contributed by atoms with Crippen molar-refractivity contribution in [1.82, 2.24) is 4.90 Å². The Morgan fingerprint density at radius 3 is 2.93 bits per heavy atom. The minimum absolute atomic E-state index is 0.0604. The normalized spacial score (nSPS) is 18.6. The van der Waals surface area contributed by atoms with Gasteiger partial charge in [-0.1, -0.05) is 13.0 Å². The van der Waals surface area contributed by atoms with Crippen molar-refractivity contribution in [3.05, 3.63) is 11.6 Å². The minimum Gasteiger partial charge on any atom is -0.380 e. The van der Waals surface area contributed by atoms with Gasteiger partial charge >= 0.3 is 0 Å². The van der Waals surface area contributed by atoms with E-state index < -0.39 is 0 Å². The van der Waals surface area contributed by atoms with Crippen LogP contribution in [0, 0.1) is 0 Å². The lowest BCUT2D eigenvalue weighted by atomic mass is 10.1. The number of carbonyl (C=O) groups is 1. The van der Waals surface area contributed by atoms with E-state index in [0.29, 0.717) is 19.6 Å². The fourth-order valence-corrected chi connectivity index (χ4v) is 1.64. The van der Waals surface area contributed by atoms with Gasteiger partial charge in [0, 0.05) is 20.2 Å². The van der Waals surface area contributed by atoms with Gasteiger partial charge in [-0.05, 0) is 18.4 Å². The summed E-state index contributed by atoms with van der Waals surface area (Å²) in [5, 5.41) is 0. The fourth-order valence-electron chi connectivity index (χ4n) is 1.64. The molecule has 4 heteroatoms. The maximum atomic E-state index is 11.7. The number of carbonyl (C=O) groups excluding carboxylic acids is 1. The second-order valence-electron chi connectivity index (χ2n) is 3.84. The topological polar surface area (TPSA) is 55.6 Å². The highest BCUT2D eigenvalue weighted by Gasteiger charge is 2.21. The number of nitrogens with two attached hydrogens (primary N) is 1. The molecule has 0 saturated carbocycles. The Hall–Kier alpha value is -0.870. The first-order valence-electron chi connectivity index (χ1n) is 5.40. The largest absolute Gasteiger partial charge is 0.380 e. The van der Waals surface area contributed by atoms with Gasteiger partial charge in [-0.2, -0.15) is 0 Å². The highest BCUT2D eigenvalue weighted by atomic mass is 16.5. The van der Waals surface area contributed by atoms with E-state index in [0.717, 1.165) is 13.0 Å². The van der Waals surface area contributed by atoms with Crippen LogP contribution in [0.1, 0.15) is 19.8 Å². The summed E-state index contributed by atoms with van der Waals surface area (Å²) in [6, 6.07) is -0.345. The molecule has 0 aliphatic carbocycles. The van der Waals surface area contributed by atoms with E-state index in [1.165, 1.54) is 5.57 Å². The zero-order valence-electron chi connectivity index (χ0n) is 9.53. The van der Waals surface area contributed by atoms with Crippen molar-refractivity contribution in [2.24, 2.45) is 5.73 Å². The van der Waals surface area contributed by atoms with Crippen LogP contribution in [0.15, 0.2) is 11.6 Å². The number of nitrogens with zero attached hydrogens (tertiary/aromatic N) is 1. The molecule has 1 heterocycles. The van der Waals surface area contributed by atoms with Crippen LogP contribution < -0.4 is 5.73 Å². The molecule has 1 aliphatic rings. The molecule has 86 valence electrons. The lowest BCUT2D eigenvalue weighted by molar-refractivity contribution is -0.132. The molecule has 1 amide bonds. The summed E-state index contributed by atoms with van der Waals surface area (Å²) in [5.74, 6) is 0.0604. The number of methoxy groups -OCH3 is 1. The number of hydrogen-bond acceptors (Lipinski definition) is 3. The Morgan fingerprint density at radius 1 is 1.73 bits per heavy atom. The molecule has 0 spiro atoms. The first-order valence-corrected chi connectivity index (χ1v) is 5.40. The third-order valence-electron chi connectivity index (χ3n) is 2.70. The maximum absolute atomic E-state index is 11.7. The number of hydrogen-bond donors (Lipinski definition) is 1. The monoisotopic (exact) mass is 212 g/mol. The summed E-state index contributed by atoms with van der Waals surface area (Å²) in [7, 11) is 1.69. The van der Waals surface area contributed by atoms with Crippen LogP contribution >= 0.6 is 0 Å². The predicted molar refractivity (Wildman–Crippen MR) is 59.4 cm³/mol. The second-order valence-corrected chi connectivity index (χ2v) is 3.84. The van der Waals surface area contributed by atoms with E-state index in [1.54, 1.807) is 7.11 Å². The van der Waals surface area contributed by atoms with E-state index in [2.05, 4.69) is 6.08 Å². The van der Waals surface area contributed by atoms with Gasteiger partial charge in [-0.15, -0.1) is 0 Å². The minimum atomic E-state index is -0.345. The molecule has 0 radical (unpaired) electrons. The molecule has 1 unspecified atom stereocenters. The van der Waals surface area contributed by atoms with Gasteiger partial charge in [0.2, 0.25) is 5.91 Å². The summed E-state index contributed by atoms with van der Waals surface area (Å²) in [5.41, 5.74) is 6.97. The van der Waals surface area contributed by atoms with E-state index in [4.69, 9.17) is 10.5 Å². The number of amides is 1. The standard InChI is InChI=1S/C11H20N2O2/c1-3-10(12)11(14)13-6-4-9(5-7-13)8-15-2/h4,10H,3,5-8,12H2,1-2H3. The van der Waals surface area contributed by atoms with Gasteiger partial charge < -0.3 is 15.4 Å². The van der Waals surface area contributed by atoms with Gasteiger partial charge in [0.05, 0.1) is 12.6 Å². The molecule has 1 aliphatic heterocycles. The quantitative estimate of drug-likeness (QED) is 0.692. The molecule has 4 nitrogen and oxygen atoms in total. The van der Waals surface area contributed by atoms with Crippen molar-refractivity contribution in [2.45, 2.75) is 25.8 Å². The lowest BCUT2D eigenvalue weighted by Gasteiger charge is -2.28. The molecular weight excluding hydrogens is 192 g/mol. The van der Waals surface area contributed by atoms with Crippen molar-refractivity contribution in [2.75, 3.05) is 26.8 Å². The zero-order valence-corrected chi connectivity index (χ0v) is 9.53. The lowest BCUT2D eigenvalue weighted by Crippen LogP contribution is -2.45. The van der Waals surface area contributed by atoms with Crippen LogP contribution in [0.3, 0.4) is 0 Å². The molecular formula is C11H20N2O2. The van der Waals surface area contributed by atoms with Crippen LogP contribution in [-0.2, 0) is 9.53 Å². The molecule has 0 saturated heterocycles. The number of ether oxygens (including phenoxy) is 1. The van der Waals surface area contributed by atoms with Crippen LogP contribution in [0.5, 0.6) is 0 Å². The smallest absolute Gasteiger partial charge is 0.239 e. The molecule has 0 fully saturated rings. The van der Waals surface area contributed by atoms with Gasteiger partial charge in [0.15, 0.2) is 0 Å². The summed E-state index contributed by atoms with van der Waals surface area (Å²) >= 11 is 0. The third-order valence-corrected chi connectivity index (χ3v) is 2.70. The first kappa shape index (κ1) is 12.2. The summed E-state index contributed by atoms with van der Waals surface area (Å²) < 4.78 is 5.05. The van der Waals surface area contributed by atoms with Gasteiger partial charge in [-0.25, -0.2) is 0 Å². The van der Waals surface area contributed by atoms with E-state index in [1.807, 2.05) is 11.8 Å². The fraction of sp³-hybridized carbons (Fsp3) is 0.727. The van der Waals surface area contributed by atoms with E-state index >= 15 is 0 Å². The Kier molecular flexibility index (Phi) is 4.78. The van der Waals surface area contributed by atoms with Crippen LogP contribution in [0.4, 0.5) is 0 Å².